The average molecular weight is 323 g/mol. The van der Waals surface area contributed by atoms with Crippen molar-refractivity contribution in [3.8, 4) is 0 Å². The van der Waals surface area contributed by atoms with Crippen molar-refractivity contribution in [3.05, 3.63) is 24.3 Å². The quantitative estimate of drug-likeness (QED) is 0.0974. The topological polar surface area (TPSA) is 55.1 Å². The Labute approximate surface area is 143 Å². The second kappa shape index (κ2) is 19.0. The van der Waals surface area contributed by atoms with Gasteiger partial charge in [-0.2, -0.15) is 0 Å². The summed E-state index contributed by atoms with van der Waals surface area (Å²) in [5.41, 5.74) is 2.06. The van der Waals surface area contributed by atoms with Crippen molar-refractivity contribution >= 4 is 5.91 Å². The molecule has 0 bridgehead atoms. The van der Waals surface area contributed by atoms with Gasteiger partial charge in [0, 0.05) is 6.08 Å². The van der Waals surface area contributed by atoms with Crippen molar-refractivity contribution in [3.63, 3.8) is 0 Å². The van der Waals surface area contributed by atoms with Crippen LogP contribution in [0.25, 0.3) is 0 Å². The van der Waals surface area contributed by atoms with E-state index in [0.717, 1.165) is 6.42 Å². The number of carbonyl (C=O) groups excluding carboxylic acids is 1. The molecular formula is C20H38N2O. The first-order chi connectivity index (χ1) is 11.3. The minimum absolute atomic E-state index is 0.268. The molecule has 0 aliphatic heterocycles. The zero-order valence-corrected chi connectivity index (χ0v) is 15.2. The van der Waals surface area contributed by atoms with E-state index in [4.69, 9.17) is 5.84 Å². The molecule has 0 aromatic rings. The summed E-state index contributed by atoms with van der Waals surface area (Å²) >= 11 is 0. The van der Waals surface area contributed by atoms with Gasteiger partial charge in [0.25, 0.3) is 5.91 Å². The van der Waals surface area contributed by atoms with Gasteiger partial charge >= 0.3 is 0 Å². The Bertz CT molecular complexity index is 311. The molecule has 0 aliphatic rings. The van der Waals surface area contributed by atoms with E-state index in [9.17, 15) is 4.79 Å². The molecule has 23 heavy (non-hydrogen) atoms. The molecule has 0 aliphatic carbocycles. The highest BCUT2D eigenvalue weighted by Gasteiger charge is 1.93. The van der Waals surface area contributed by atoms with E-state index >= 15 is 0 Å². The number of hydrogen-bond donors (Lipinski definition) is 2. The van der Waals surface area contributed by atoms with Gasteiger partial charge in [0.2, 0.25) is 0 Å². The Morgan fingerprint density at radius 2 is 1.26 bits per heavy atom. The SMILES string of the molecule is CCCCCCCCCCCCCCCC=CC=CC(=O)NN. The van der Waals surface area contributed by atoms with E-state index < -0.39 is 0 Å². The van der Waals surface area contributed by atoms with Crippen LogP contribution >= 0.6 is 0 Å². The molecule has 0 heterocycles. The van der Waals surface area contributed by atoms with Crippen molar-refractivity contribution in [2.75, 3.05) is 0 Å². The predicted octanol–water partition coefficient (Wildman–Crippen LogP) is 5.57. The number of hydrazine groups is 1. The van der Waals surface area contributed by atoms with Crippen LogP contribution in [0.2, 0.25) is 0 Å². The monoisotopic (exact) mass is 322 g/mol. The third kappa shape index (κ3) is 18.9. The first-order valence-electron chi connectivity index (χ1n) is 9.65. The van der Waals surface area contributed by atoms with Crippen LogP contribution in [-0.2, 0) is 4.79 Å². The lowest BCUT2D eigenvalue weighted by atomic mass is 10.0. The first-order valence-corrected chi connectivity index (χ1v) is 9.65. The lowest BCUT2D eigenvalue weighted by molar-refractivity contribution is -0.116. The Morgan fingerprint density at radius 3 is 1.74 bits per heavy atom. The zero-order chi connectivity index (χ0) is 17.0. The molecule has 0 fully saturated rings. The van der Waals surface area contributed by atoms with Crippen LogP contribution in [0.15, 0.2) is 24.3 Å². The molecule has 0 aromatic heterocycles. The molecule has 134 valence electrons. The first kappa shape index (κ1) is 21.9. The van der Waals surface area contributed by atoms with E-state index in [-0.39, 0.29) is 5.91 Å². The molecule has 0 aromatic carbocycles. The molecule has 3 N–H and O–H groups in total. The molecule has 0 spiro atoms. The maximum Gasteiger partial charge on any atom is 0.257 e. The summed E-state index contributed by atoms with van der Waals surface area (Å²) < 4.78 is 0. The third-order valence-electron chi connectivity index (χ3n) is 4.11. The normalized spacial score (nSPS) is 11.6. The highest BCUT2D eigenvalue weighted by Crippen LogP contribution is 2.12. The number of allylic oxidation sites excluding steroid dienone is 3. The third-order valence-corrected chi connectivity index (χ3v) is 4.11. The summed E-state index contributed by atoms with van der Waals surface area (Å²) in [6.07, 6.45) is 26.3. The lowest BCUT2D eigenvalue weighted by Crippen LogP contribution is -2.27. The molecule has 0 unspecified atom stereocenters. The Balaban J connectivity index is 3.14. The number of hydrogen-bond acceptors (Lipinski definition) is 2. The van der Waals surface area contributed by atoms with Crippen LogP contribution in [-0.4, -0.2) is 5.91 Å². The zero-order valence-electron chi connectivity index (χ0n) is 15.2. The number of unbranched alkanes of at least 4 members (excludes halogenated alkanes) is 13. The summed E-state index contributed by atoms with van der Waals surface area (Å²) in [4.78, 5) is 10.8. The van der Waals surface area contributed by atoms with Gasteiger partial charge in [-0.15, -0.1) is 0 Å². The fourth-order valence-electron chi connectivity index (χ4n) is 2.65. The molecular weight excluding hydrogens is 284 g/mol. The molecule has 0 atom stereocenters. The Kier molecular flexibility index (Phi) is 18.1. The van der Waals surface area contributed by atoms with Gasteiger partial charge in [0.05, 0.1) is 0 Å². The minimum Gasteiger partial charge on any atom is -0.291 e. The minimum atomic E-state index is -0.268. The van der Waals surface area contributed by atoms with Gasteiger partial charge < -0.3 is 0 Å². The maximum atomic E-state index is 10.8. The van der Waals surface area contributed by atoms with Gasteiger partial charge in [-0.05, 0) is 12.8 Å². The Hall–Kier alpha value is -1.09. The lowest BCUT2D eigenvalue weighted by Gasteiger charge is -2.02. The van der Waals surface area contributed by atoms with Gasteiger partial charge in [-0.3, -0.25) is 10.2 Å². The molecule has 0 saturated carbocycles. The van der Waals surface area contributed by atoms with Crippen molar-refractivity contribution in [2.45, 2.75) is 96.8 Å². The van der Waals surface area contributed by atoms with Crippen LogP contribution in [0, 0.1) is 0 Å². The predicted molar refractivity (Wildman–Crippen MR) is 101 cm³/mol. The highest BCUT2D eigenvalue weighted by molar-refractivity contribution is 5.87. The Morgan fingerprint density at radius 1 is 0.783 bits per heavy atom. The van der Waals surface area contributed by atoms with E-state index in [1.54, 1.807) is 6.08 Å². The van der Waals surface area contributed by atoms with E-state index in [0.29, 0.717) is 0 Å². The number of rotatable bonds is 16. The standard InChI is InChI=1S/C20H38N2O/c1-2-3-4-5-6-7-8-9-10-11-12-13-14-15-16-17-18-19-20(23)22-21/h16-19H,2-15,21H2,1H3,(H,22,23). The van der Waals surface area contributed by atoms with Crippen LogP contribution in [0.3, 0.4) is 0 Å². The smallest absolute Gasteiger partial charge is 0.257 e. The van der Waals surface area contributed by atoms with Crippen LogP contribution < -0.4 is 11.3 Å². The van der Waals surface area contributed by atoms with Crippen molar-refractivity contribution in [1.29, 1.82) is 0 Å². The summed E-state index contributed by atoms with van der Waals surface area (Å²) in [6.45, 7) is 2.27. The van der Waals surface area contributed by atoms with E-state index in [1.807, 2.05) is 6.08 Å². The molecule has 3 nitrogen and oxygen atoms in total. The van der Waals surface area contributed by atoms with Crippen LogP contribution in [0.5, 0.6) is 0 Å². The van der Waals surface area contributed by atoms with Gasteiger partial charge in [0.1, 0.15) is 0 Å². The number of nitrogens with two attached hydrogens (primary N) is 1. The van der Waals surface area contributed by atoms with Crippen LogP contribution in [0.1, 0.15) is 96.8 Å². The molecule has 0 saturated heterocycles. The maximum absolute atomic E-state index is 10.8. The average Bonchev–Trinajstić information content (AvgIpc) is 2.57. The van der Waals surface area contributed by atoms with Crippen molar-refractivity contribution in [1.82, 2.24) is 5.43 Å². The summed E-state index contributed by atoms with van der Waals surface area (Å²) in [5, 5.41) is 0. The fraction of sp³-hybridized carbons (Fsp3) is 0.750. The van der Waals surface area contributed by atoms with Gasteiger partial charge in [-0.25, -0.2) is 5.84 Å². The number of carbonyl (C=O) groups is 1. The second-order valence-corrected chi connectivity index (χ2v) is 6.33. The van der Waals surface area contributed by atoms with E-state index in [1.165, 1.54) is 89.5 Å². The highest BCUT2D eigenvalue weighted by atomic mass is 16.2. The molecule has 0 rings (SSSR count). The van der Waals surface area contributed by atoms with Crippen LogP contribution in [0.4, 0.5) is 0 Å². The summed E-state index contributed by atoms with van der Waals surface area (Å²) in [7, 11) is 0. The fourth-order valence-corrected chi connectivity index (χ4v) is 2.65. The molecule has 3 heteroatoms. The number of amides is 1. The van der Waals surface area contributed by atoms with Gasteiger partial charge in [-0.1, -0.05) is 102 Å². The summed E-state index contributed by atoms with van der Waals surface area (Å²) in [6, 6.07) is 0. The van der Waals surface area contributed by atoms with Crippen molar-refractivity contribution in [2.24, 2.45) is 5.84 Å². The van der Waals surface area contributed by atoms with Crippen molar-refractivity contribution < 1.29 is 4.79 Å². The summed E-state index contributed by atoms with van der Waals surface area (Å²) in [5.74, 6) is 4.70. The van der Waals surface area contributed by atoms with Gasteiger partial charge in [0.15, 0.2) is 0 Å². The second-order valence-electron chi connectivity index (χ2n) is 6.33. The van der Waals surface area contributed by atoms with E-state index in [2.05, 4.69) is 18.4 Å². The number of nitrogens with one attached hydrogen (secondary N) is 1. The largest absolute Gasteiger partial charge is 0.291 e. The molecule has 1 amide bonds. The molecule has 0 radical (unpaired) electrons.